The molecule has 0 atom stereocenters. The van der Waals surface area contributed by atoms with E-state index in [4.69, 9.17) is 0 Å². The average molecular weight is 333 g/mol. The number of carbonyl (C=O) groups excluding carboxylic acids is 1. The molecule has 114 valence electrons. The molecule has 3 heterocycles. The zero-order valence-corrected chi connectivity index (χ0v) is 13.8. The Morgan fingerprint density at radius 1 is 1.32 bits per heavy atom. The number of nitrogens with zero attached hydrogens (tertiary/aromatic N) is 3. The molecule has 0 aliphatic carbocycles. The van der Waals surface area contributed by atoms with Crippen LogP contribution in [-0.4, -0.2) is 27.4 Å². The molecule has 6 nitrogen and oxygen atoms in total. The molecule has 0 saturated heterocycles. The molecule has 0 fully saturated rings. The standard InChI is InChI=1S/C14H15N5OS2/c1-3-15-12-10-8(2)11(22-14(10)19-7-18-12)13(20)17-6-9-16-4-5-21-9/h4-5,7H,3,6H2,1-2H3,(H,17,20)(H,15,18,19). The first-order valence-corrected chi connectivity index (χ1v) is 8.54. The largest absolute Gasteiger partial charge is 0.370 e. The number of anilines is 1. The van der Waals surface area contributed by atoms with E-state index in [2.05, 4.69) is 25.6 Å². The molecular formula is C14H15N5OS2. The van der Waals surface area contributed by atoms with Crippen LogP contribution in [-0.2, 0) is 6.54 Å². The third-order valence-electron chi connectivity index (χ3n) is 3.16. The van der Waals surface area contributed by atoms with Crippen LogP contribution < -0.4 is 10.6 Å². The predicted molar refractivity (Wildman–Crippen MR) is 89.6 cm³/mol. The molecule has 0 unspecified atom stereocenters. The molecule has 0 radical (unpaired) electrons. The van der Waals surface area contributed by atoms with Gasteiger partial charge in [0.25, 0.3) is 5.91 Å². The highest BCUT2D eigenvalue weighted by molar-refractivity contribution is 7.20. The van der Waals surface area contributed by atoms with Gasteiger partial charge in [0, 0.05) is 18.1 Å². The molecule has 0 bridgehead atoms. The summed E-state index contributed by atoms with van der Waals surface area (Å²) in [6.07, 6.45) is 3.25. The summed E-state index contributed by atoms with van der Waals surface area (Å²) in [6.45, 7) is 5.15. The number of hydrogen-bond acceptors (Lipinski definition) is 7. The van der Waals surface area contributed by atoms with E-state index in [0.29, 0.717) is 11.4 Å². The fraction of sp³-hybridized carbons (Fsp3) is 0.286. The summed E-state index contributed by atoms with van der Waals surface area (Å²) in [6, 6.07) is 0. The fourth-order valence-electron chi connectivity index (χ4n) is 2.17. The lowest BCUT2D eigenvalue weighted by Crippen LogP contribution is -2.22. The van der Waals surface area contributed by atoms with Crippen molar-refractivity contribution in [3.8, 4) is 0 Å². The number of hydrogen-bond donors (Lipinski definition) is 2. The lowest BCUT2D eigenvalue weighted by atomic mass is 10.2. The number of amides is 1. The number of thiophene rings is 1. The van der Waals surface area contributed by atoms with Crippen molar-refractivity contribution in [1.82, 2.24) is 20.3 Å². The van der Waals surface area contributed by atoms with Crippen molar-refractivity contribution in [2.24, 2.45) is 0 Å². The first-order valence-electron chi connectivity index (χ1n) is 6.85. The summed E-state index contributed by atoms with van der Waals surface area (Å²) in [5.74, 6) is 0.679. The Kier molecular flexibility index (Phi) is 4.30. The maximum Gasteiger partial charge on any atom is 0.262 e. The quantitative estimate of drug-likeness (QED) is 0.750. The van der Waals surface area contributed by atoms with Gasteiger partial charge >= 0.3 is 0 Å². The van der Waals surface area contributed by atoms with Crippen LogP contribution in [0.25, 0.3) is 10.2 Å². The van der Waals surface area contributed by atoms with Crippen molar-refractivity contribution in [1.29, 1.82) is 0 Å². The molecule has 3 rings (SSSR count). The lowest BCUT2D eigenvalue weighted by molar-refractivity contribution is 0.0954. The summed E-state index contributed by atoms with van der Waals surface area (Å²) in [5.41, 5.74) is 0.910. The molecule has 0 aliphatic heterocycles. The first-order chi connectivity index (χ1) is 10.7. The van der Waals surface area contributed by atoms with Gasteiger partial charge < -0.3 is 10.6 Å². The van der Waals surface area contributed by atoms with Crippen LogP contribution in [0.4, 0.5) is 5.82 Å². The van der Waals surface area contributed by atoms with Crippen LogP contribution in [0.15, 0.2) is 17.9 Å². The summed E-state index contributed by atoms with van der Waals surface area (Å²) < 4.78 is 0. The van der Waals surface area contributed by atoms with Crippen LogP contribution in [0.2, 0.25) is 0 Å². The van der Waals surface area contributed by atoms with Crippen LogP contribution >= 0.6 is 22.7 Å². The van der Waals surface area contributed by atoms with Gasteiger partial charge in [-0.25, -0.2) is 15.0 Å². The molecule has 0 saturated carbocycles. The fourth-order valence-corrected chi connectivity index (χ4v) is 3.79. The van der Waals surface area contributed by atoms with Gasteiger partial charge in [0.15, 0.2) is 0 Å². The topological polar surface area (TPSA) is 79.8 Å². The van der Waals surface area contributed by atoms with Gasteiger partial charge in [-0.1, -0.05) is 0 Å². The number of aromatic nitrogens is 3. The van der Waals surface area contributed by atoms with E-state index >= 15 is 0 Å². The monoisotopic (exact) mass is 333 g/mol. The highest BCUT2D eigenvalue weighted by atomic mass is 32.1. The summed E-state index contributed by atoms with van der Waals surface area (Å²) in [7, 11) is 0. The van der Waals surface area contributed by atoms with Crippen LogP contribution in [0, 0.1) is 6.92 Å². The van der Waals surface area contributed by atoms with Gasteiger partial charge in [-0.3, -0.25) is 4.79 Å². The van der Waals surface area contributed by atoms with E-state index < -0.39 is 0 Å². The second kappa shape index (κ2) is 6.37. The van der Waals surface area contributed by atoms with Gasteiger partial charge in [0.2, 0.25) is 0 Å². The predicted octanol–water partition coefficient (Wildman–Crippen LogP) is 2.82. The molecule has 0 aromatic carbocycles. The number of fused-ring (bicyclic) bond motifs is 1. The molecule has 1 amide bonds. The second-order valence-corrected chi connectivity index (χ2v) is 6.58. The minimum Gasteiger partial charge on any atom is -0.370 e. The Hall–Kier alpha value is -2.06. The summed E-state index contributed by atoms with van der Waals surface area (Å²) in [4.78, 5) is 26.6. The van der Waals surface area contributed by atoms with E-state index in [1.54, 1.807) is 6.20 Å². The average Bonchev–Trinajstić information content (AvgIpc) is 3.14. The van der Waals surface area contributed by atoms with Gasteiger partial charge in [-0.2, -0.15) is 0 Å². The molecular weight excluding hydrogens is 318 g/mol. The number of thiazole rings is 1. The van der Waals surface area contributed by atoms with E-state index in [-0.39, 0.29) is 5.91 Å². The minimum absolute atomic E-state index is 0.0989. The van der Waals surface area contributed by atoms with Crippen LogP contribution in [0.3, 0.4) is 0 Å². The van der Waals surface area contributed by atoms with E-state index in [1.165, 1.54) is 29.0 Å². The Bertz CT molecular complexity index is 797. The molecule has 8 heteroatoms. The van der Waals surface area contributed by atoms with Crippen molar-refractivity contribution in [3.63, 3.8) is 0 Å². The van der Waals surface area contributed by atoms with E-state index in [9.17, 15) is 4.79 Å². The van der Waals surface area contributed by atoms with Crippen molar-refractivity contribution in [3.05, 3.63) is 33.4 Å². The van der Waals surface area contributed by atoms with E-state index in [1.807, 2.05) is 19.2 Å². The zero-order valence-electron chi connectivity index (χ0n) is 12.2. The SMILES string of the molecule is CCNc1ncnc2sc(C(=O)NCc3nccs3)c(C)c12. The van der Waals surface area contributed by atoms with Crippen molar-refractivity contribution in [2.75, 3.05) is 11.9 Å². The Morgan fingerprint density at radius 2 is 2.18 bits per heavy atom. The smallest absolute Gasteiger partial charge is 0.262 e. The normalized spacial score (nSPS) is 10.8. The Balaban J connectivity index is 1.88. The van der Waals surface area contributed by atoms with Gasteiger partial charge in [0.05, 0.1) is 16.8 Å². The van der Waals surface area contributed by atoms with Crippen molar-refractivity contribution in [2.45, 2.75) is 20.4 Å². The molecule has 3 aromatic rings. The molecule has 22 heavy (non-hydrogen) atoms. The number of rotatable bonds is 5. The minimum atomic E-state index is -0.0989. The summed E-state index contributed by atoms with van der Waals surface area (Å²) >= 11 is 2.91. The second-order valence-electron chi connectivity index (χ2n) is 4.60. The number of nitrogens with one attached hydrogen (secondary N) is 2. The van der Waals surface area contributed by atoms with E-state index in [0.717, 1.165) is 33.2 Å². The van der Waals surface area contributed by atoms with Gasteiger partial charge in [0.1, 0.15) is 22.0 Å². The maximum atomic E-state index is 12.4. The number of carbonyl (C=O) groups is 1. The van der Waals surface area contributed by atoms with Crippen LogP contribution in [0.1, 0.15) is 27.2 Å². The van der Waals surface area contributed by atoms with Gasteiger partial charge in [-0.15, -0.1) is 22.7 Å². The highest BCUT2D eigenvalue weighted by Gasteiger charge is 2.19. The highest BCUT2D eigenvalue weighted by Crippen LogP contribution is 2.33. The summed E-state index contributed by atoms with van der Waals surface area (Å²) in [5, 5.41) is 9.83. The Morgan fingerprint density at radius 3 is 2.91 bits per heavy atom. The maximum absolute atomic E-state index is 12.4. The lowest BCUT2D eigenvalue weighted by Gasteiger charge is -2.04. The molecule has 0 aliphatic rings. The molecule has 0 spiro atoms. The Labute approximate surface area is 135 Å². The zero-order chi connectivity index (χ0) is 15.5. The third kappa shape index (κ3) is 2.79. The number of aryl methyl sites for hydroxylation is 1. The molecule has 3 aromatic heterocycles. The van der Waals surface area contributed by atoms with Crippen molar-refractivity contribution >= 4 is 44.6 Å². The van der Waals surface area contributed by atoms with Gasteiger partial charge in [-0.05, 0) is 19.4 Å². The first kappa shape index (κ1) is 14.9. The van der Waals surface area contributed by atoms with Crippen molar-refractivity contribution < 1.29 is 4.79 Å². The third-order valence-corrected chi connectivity index (χ3v) is 5.14. The molecule has 2 N–H and O–H groups in total. The van der Waals surface area contributed by atoms with Crippen LogP contribution in [0.5, 0.6) is 0 Å².